The second-order valence-electron chi connectivity index (χ2n) is 7.28. The van der Waals surface area contributed by atoms with Crippen LogP contribution in [0.15, 0.2) is 60.7 Å². The van der Waals surface area contributed by atoms with Crippen molar-refractivity contribution in [3.05, 3.63) is 66.2 Å². The van der Waals surface area contributed by atoms with Gasteiger partial charge in [0.1, 0.15) is 12.4 Å². The molecule has 0 unspecified atom stereocenters. The lowest BCUT2D eigenvalue weighted by molar-refractivity contribution is -0.116. The first-order valence-electron chi connectivity index (χ1n) is 10.8. The van der Waals surface area contributed by atoms with Crippen molar-refractivity contribution in [2.75, 3.05) is 34.5 Å². The number of methoxy groups -OCH3 is 3. The summed E-state index contributed by atoms with van der Waals surface area (Å²) in [5.41, 5.74) is 2.23. The molecule has 0 atom stereocenters. The maximum Gasteiger partial charge on any atom is 0.244 e. The largest absolute Gasteiger partial charge is 0.497 e. The maximum absolute atomic E-state index is 12.1. The van der Waals surface area contributed by atoms with Crippen LogP contribution in [0.25, 0.3) is 23.1 Å². The minimum Gasteiger partial charge on any atom is -0.497 e. The van der Waals surface area contributed by atoms with Gasteiger partial charge in [0.25, 0.3) is 0 Å². The van der Waals surface area contributed by atoms with E-state index in [9.17, 15) is 4.79 Å². The number of ether oxygens (including phenoxy) is 4. The summed E-state index contributed by atoms with van der Waals surface area (Å²) >= 11 is 0. The van der Waals surface area contributed by atoms with Gasteiger partial charge in [0.05, 0.1) is 27.9 Å². The monoisotopic (exact) mass is 475 g/mol. The van der Waals surface area contributed by atoms with Crippen LogP contribution in [0.3, 0.4) is 0 Å². The molecule has 1 amide bonds. The van der Waals surface area contributed by atoms with Crippen LogP contribution in [-0.2, 0) is 4.79 Å². The lowest BCUT2D eigenvalue weighted by Gasteiger charge is -2.09. The van der Waals surface area contributed by atoms with Crippen molar-refractivity contribution in [2.24, 2.45) is 0 Å². The molecule has 10 nitrogen and oxygen atoms in total. The van der Waals surface area contributed by atoms with E-state index in [0.717, 1.165) is 16.9 Å². The van der Waals surface area contributed by atoms with Crippen LogP contribution >= 0.6 is 0 Å². The highest BCUT2D eigenvalue weighted by atomic mass is 16.5. The Kier molecular flexibility index (Phi) is 7.41. The highest BCUT2D eigenvalue weighted by molar-refractivity contribution is 5.91. The number of nitrogens with one attached hydrogen (secondary N) is 1. The number of carbonyl (C=O) groups is 1. The van der Waals surface area contributed by atoms with Gasteiger partial charge in [-0.3, -0.25) is 4.79 Å². The predicted octanol–water partition coefficient (Wildman–Crippen LogP) is 3.03. The molecule has 0 spiro atoms. The van der Waals surface area contributed by atoms with Crippen molar-refractivity contribution in [2.45, 2.75) is 0 Å². The molecule has 0 saturated carbocycles. The number of hydrogen-bond donors (Lipinski definition) is 1. The summed E-state index contributed by atoms with van der Waals surface area (Å²) in [7, 11) is 4.76. The number of rotatable bonds is 10. The lowest BCUT2D eigenvalue weighted by atomic mass is 10.2. The van der Waals surface area contributed by atoms with E-state index in [4.69, 9.17) is 18.9 Å². The molecule has 2 heterocycles. The average Bonchev–Trinajstić information content (AvgIpc) is 3.33. The Morgan fingerprint density at radius 1 is 0.943 bits per heavy atom. The first-order valence-corrected chi connectivity index (χ1v) is 10.8. The van der Waals surface area contributed by atoms with E-state index in [1.54, 1.807) is 56.2 Å². The molecule has 4 aromatic rings. The summed E-state index contributed by atoms with van der Waals surface area (Å²) in [6.45, 7) is 0.560. The maximum atomic E-state index is 12.1. The Morgan fingerprint density at radius 3 is 2.49 bits per heavy atom. The Bertz CT molecular complexity index is 1330. The smallest absolute Gasteiger partial charge is 0.244 e. The standard InChI is InChI=1S/C25H25N5O5/c1-32-19-8-4-17(5-9-19)6-12-23(31)26-14-15-35-24-13-11-22-27-28-25(30(22)29-24)18-7-10-20(33-2)21(16-18)34-3/h4-13,16H,14-15H2,1-3H3,(H,26,31)/b12-6+. The fraction of sp³-hybridized carbons (Fsp3) is 0.200. The van der Waals surface area contributed by atoms with E-state index in [0.29, 0.717) is 35.4 Å². The number of carbonyl (C=O) groups excluding carboxylic acids is 1. The Balaban J connectivity index is 1.35. The van der Waals surface area contributed by atoms with Gasteiger partial charge in [0, 0.05) is 17.7 Å². The van der Waals surface area contributed by atoms with Crippen LogP contribution in [0.4, 0.5) is 0 Å². The van der Waals surface area contributed by atoms with Gasteiger partial charge >= 0.3 is 0 Å². The number of nitrogens with zero attached hydrogens (tertiary/aromatic N) is 4. The molecule has 0 saturated heterocycles. The second kappa shape index (κ2) is 11.0. The van der Waals surface area contributed by atoms with Crippen molar-refractivity contribution in [1.82, 2.24) is 25.1 Å². The summed E-state index contributed by atoms with van der Waals surface area (Å²) < 4.78 is 23.1. The third-order valence-electron chi connectivity index (χ3n) is 5.07. The molecule has 4 rings (SSSR count). The van der Waals surface area contributed by atoms with Gasteiger partial charge in [-0.15, -0.1) is 15.3 Å². The minimum absolute atomic E-state index is 0.220. The lowest BCUT2D eigenvalue weighted by Crippen LogP contribution is -2.26. The molecule has 2 aromatic carbocycles. The number of aromatic nitrogens is 4. The van der Waals surface area contributed by atoms with E-state index in [1.807, 2.05) is 30.3 Å². The zero-order valence-corrected chi connectivity index (χ0v) is 19.6. The number of benzene rings is 2. The van der Waals surface area contributed by atoms with Gasteiger partial charge in [0.2, 0.25) is 11.8 Å². The topological polar surface area (TPSA) is 109 Å². The molecule has 180 valence electrons. The summed E-state index contributed by atoms with van der Waals surface area (Å²) in [6.07, 6.45) is 3.20. The average molecular weight is 476 g/mol. The third-order valence-corrected chi connectivity index (χ3v) is 5.07. The Morgan fingerprint density at radius 2 is 1.74 bits per heavy atom. The summed E-state index contributed by atoms with van der Waals surface area (Å²) in [5, 5.41) is 15.7. The highest BCUT2D eigenvalue weighted by Gasteiger charge is 2.13. The van der Waals surface area contributed by atoms with Crippen molar-refractivity contribution >= 4 is 17.6 Å². The number of hydrogen-bond acceptors (Lipinski definition) is 8. The Hall–Kier alpha value is -4.60. The van der Waals surface area contributed by atoms with Crippen LogP contribution in [0.1, 0.15) is 5.56 Å². The molecule has 0 aliphatic heterocycles. The van der Waals surface area contributed by atoms with E-state index in [1.165, 1.54) is 6.08 Å². The normalized spacial score (nSPS) is 10.9. The zero-order valence-electron chi connectivity index (χ0n) is 19.6. The van der Waals surface area contributed by atoms with Gasteiger partial charge in [-0.25, -0.2) is 0 Å². The first kappa shape index (κ1) is 23.6. The van der Waals surface area contributed by atoms with Crippen LogP contribution in [0, 0.1) is 0 Å². The molecule has 0 bridgehead atoms. The second-order valence-corrected chi connectivity index (χ2v) is 7.28. The first-order chi connectivity index (χ1) is 17.1. The van der Waals surface area contributed by atoms with Crippen LogP contribution < -0.4 is 24.3 Å². The van der Waals surface area contributed by atoms with E-state index >= 15 is 0 Å². The fourth-order valence-corrected chi connectivity index (χ4v) is 3.28. The van der Waals surface area contributed by atoms with Crippen LogP contribution in [-0.4, -0.2) is 60.2 Å². The molecule has 2 aromatic heterocycles. The summed E-state index contributed by atoms with van der Waals surface area (Å²) in [6, 6.07) is 16.3. The van der Waals surface area contributed by atoms with Crippen LogP contribution in [0.2, 0.25) is 0 Å². The van der Waals surface area contributed by atoms with Crippen molar-refractivity contribution in [1.29, 1.82) is 0 Å². The molecule has 0 fully saturated rings. The molecular weight excluding hydrogens is 450 g/mol. The van der Waals surface area contributed by atoms with Gasteiger partial charge in [-0.2, -0.15) is 4.52 Å². The van der Waals surface area contributed by atoms with E-state index < -0.39 is 0 Å². The van der Waals surface area contributed by atoms with Gasteiger partial charge in [0.15, 0.2) is 23.0 Å². The van der Waals surface area contributed by atoms with Gasteiger partial charge in [-0.1, -0.05) is 12.1 Å². The molecular formula is C25H25N5O5. The minimum atomic E-state index is -0.220. The van der Waals surface area contributed by atoms with Crippen molar-refractivity contribution in [3.8, 4) is 34.5 Å². The molecule has 0 aliphatic rings. The third kappa shape index (κ3) is 5.67. The molecule has 35 heavy (non-hydrogen) atoms. The number of amides is 1. The quantitative estimate of drug-likeness (QED) is 0.275. The van der Waals surface area contributed by atoms with Crippen LogP contribution in [0.5, 0.6) is 23.1 Å². The van der Waals surface area contributed by atoms with Crippen molar-refractivity contribution < 1.29 is 23.7 Å². The highest BCUT2D eigenvalue weighted by Crippen LogP contribution is 2.31. The molecule has 10 heteroatoms. The van der Waals surface area contributed by atoms with E-state index in [2.05, 4.69) is 20.6 Å². The summed E-state index contributed by atoms with van der Waals surface area (Å²) in [4.78, 5) is 12.1. The zero-order chi connectivity index (χ0) is 24.6. The summed E-state index contributed by atoms with van der Waals surface area (Å²) in [5.74, 6) is 2.64. The Labute approximate surface area is 202 Å². The van der Waals surface area contributed by atoms with Gasteiger partial charge < -0.3 is 24.3 Å². The molecule has 0 radical (unpaired) electrons. The number of fused-ring (bicyclic) bond motifs is 1. The van der Waals surface area contributed by atoms with Crippen molar-refractivity contribution in [3.63, 3.8) is 0 Å². The molecule has 1 N–H and O–H groups in total. The van der Waals surface area contributed by atoms with E-state index in [-0.39, 0.29) is 12.5 Å². The fourth-order valence-electron chi connectivity index (χ4n) is 3.28. The molecule has 0 aliphatic carbocycles. The predicted molar refractivity (Wildman–Crippen MR) is 130 cm³/mol. The SMILES string of the molecule is COc1ccc(/C=C/C(=O)NCCOc2ccc3nnc(-c4ccc(OC)c(OC)c4)n3n2)cc1. The van der Waals surface area contributed by atoms with Gasteiger partial charge in [-0.05, 0) is 48.0 Å².